The van der Waals surface area contributed by atoms with Gasteiger partial charge in [0.1, 0.15) is 0 Å². The van der Waals surface area contributed by atoms with Crippen molar-refractivity contribution < 1.29 is 0 Å². The molecule has 19 heavy (non-hydrogen) atoms. The maximum absolute atomic E-state index is 6.21. The van der Waals surface area contributed by atoms with E-state index in [0.29, 0.717) is 5.56 Å². The first-order valence-corrected chi connectivity index (χ1v) is 7.79. The molecule has 0 spiro atoms. The third-order valence-corrected chi connectivity index (χ3v) is 6.53. The summed E-state index contributed by atoms with van der Waals surface area (Å²) in [4.78, 5) is 0. The van der Waals surface area contributed by atoms with Crippen LogP contribution in [0.5, 0.6) is 0 Å². The number of rotatable bonds is 3. The van der Waals surface area contributed by atoms with Crippen LogP contribution in [0.2, 0.25) is 0 Å². The Labute approximate surface area is 148 Å². The van der Waals surface area contributed by atoms with Crippen molar-refractivity contribution in [2.24, 2.45) is 0 Å². The lowest BCUT2D eigenvalue weighted by Crippen LogP contribution is -2.45. The van der Waals surface area contributed by atoms with Gasteiger partial charge in [-0.3, -0.25) is 0 Å². The van der Waals surface area contributed by atoms with Gasteiger partial charge < -0.3 is 0 Å². The van der Waals surface area contributed by atoms with Gasteiger partial charge in [0.25, 0.3) is 0 Å². The summed E-state index contributed by atoms with van der Waals surface area (Å²) >= 11 is 41.7. The normalized spacial score (nSPS) is 14.0. The molecule has 107 valence electrons. The fourth-order valence-corrected chi connectivity index (χ4v) is 2.84. The van der Waals surface area contributed by atoms with Crippen LogP contribution in [0.15, 0.2) is 24.3 Å². The van der Waals surface area contributed by atoms with Gasteiger partial charge >= 0.3 is 0 Å². The molecule has 0 saturated carbocycles. The zero-order valence-electron chi connectivity index (χ0n) is 9.96. The average Bonchev–Trinajstić information content (AvgIpc) is 2.27. The highest BCUT2D eigenvalue weighted by Gasteiger charge is 2.60. The molecule has 1 aromatic carbocycles. The van der Waals surface area contributed by atoms with E-state index in [-0.39, 0.29) is 0 Å². The minimum atomic E-state index is -2.05. The molecule has 0 heterocycles. The van der Waals surface area contributed by atoms with Crippen molar-refractivity contribution in [1.82, 2.24) is 0 Å². The number of hydrogen-bond donors (Lipinski definition) is 0. The fourth-order valence-electron chi connectivity index (χ4n) is 1.37. The molecule has 0 aliphatic carbocycles. The maximum atomic E-state index is 6.21. The van der Waals surface area contributed by atoms with Crippen LogP contribution in [-0.2, 0) is 4.33 Å². The van der Waals surface area contributed by atoms with E-state index in [1.807, 2.05) is 26.0 Å². The topological polar surface area (TPSA) is 0 Å². The maximum Gasteiger partial charge on any atom is 0.226 e. The van der Waals surface area contributed by atoms with Gasteiger partial charge in [0.2, 0.25) is 8.13 Å². The smallest absolute Gasteiger partial charge is 0.0930 e. The average molecular weight is 402 g/mol. The van der Waals surface area contributed by atoms with Crippen LogP contribution < -0.4 is 0 Å². The molecule has 0 atom stereocenters. The van der Waals surface area contributed by atoms with Crippen molar-refractivity contribution in [2.45, 2.75) is 26.3 Å². The predicted octanol–water partition coefficient (Wildman–Crippen LogP) is 6.82. The molecule has 0 N–H and O–H groups in total. The molecule has 0 bridgehead atoms. The number of halogens is 7. The lowest BCUT2D eigenvalue weighted by molar-refractivity contribution is 0.698. The second kappa shape index (κ2) is 6.16. The van der Waals surface area contributed by atoms with Crippen molar-refractivity contribution in [3.05, 3.63) is 41.3 Å². The Morgan fingerprint density at radius 1 is 0.789 bits per heavy atom. The first-order chi connectivity index (χ1) is 8.41. The van der Waals surface area contributed by atoms with Crippen LogP contribution in [0, 0.1) is 5.92 Å². The van der Waals surface area contributed by atoms with E-state index in [1.165, 1.54) is 0 Å². The highest BCUT2D eigenvalue weighted by molar-refractivity contribution is 6.78. The molecule has 0 fully saturated rings. The van der Waals surface area contributed by atoms with E-state index in [4.69, 9.17) is 81.2 Å². The first-order valence-electron chi connectivity index (χ1n) is 5.14. The zero-order valence-corrected chi connectivity index (χ0v) is 15.2. The summed E-state index contributed by atoms with van der Waals surface area (Å²) in [6.07, 6.45) is 0. The summed E-state index contributed by atoms with van der Waals surface area (Å²) in [5.41, 5.74) is 1.48. The van der Waals surface area contributed by atoms with E-state index in [2.05, 4.69) is 0 Å². The monoisotopic (exact) mass is 399 g/mol. The highest BCUT2D eigenvalue weighted by Crippen LogP contribution is 2.60. The molecule has 0 unspecified atom stereocenters. The van der Waals surface area contributed by atoms with Gasteiger partial charge in [-0.2, -0.15) is 0 Å². The summed E-state index contributed by atoms with van der Waals surface area (Å²) in [7, 11) is 0. The molecule has 0 amide bonds. The Bertz CT molecular complexity index is 428. The van der Waals surface area contributed by atoms with E-state index in [0.717, 1.165) is 11.5 Å². The SMILES string of the molecule is C[C](C)c1ccc(C(Cl)(Cl)C(Cl)(Cl)C(Cl)(Cl)Cl)cc1. The first kappa shape index (κ1) is 18.3. The predicted molar refractivity (Wildman–Crippen MR) is 88.2 cm³/mol. The largest absolute Gasteiger partial charge is 0.226 e. The van der Waals surface area contributed by atoms with Crippen LogP contribution in [0.25, 0.3) is 0 Å². The Balaban J connectivity index is 3.20. The van der Waals surface area contributed by atoms with Gasteiger partial charge in [-0.1, -0.05) is 119 Å². The van der Waals surface area contributed by atoms with Gasteiger partial charge in [-0.05, 0) is 17.0 Å². The molecule has 0 nitrogen and oxygen atoms in total. The Morgan fingerprint density at radius 3 is 1.53 bits per heavy atom. The van der Waals surface area contributed by atoms with Crippen LogP contribution >= 0.6 is 81.2 Å². The highest BCUT2D eigenvalue weighted by atomic mass is 35.6. The minimum absolute atomic E-state index is 0.442. The molecular formula is C12H10Cl7. The standard InChI is InChI=1S/C12H10Cl7/c1-7(2)8-3-5-9(6-4-8)10(13,14)11(15,16)12(17,18)19/h3-6H,1-2H3. The number of alkyl halides is 7. The number of hydrogen-bond acceptors (Lipinski definition) is 0. The lowest BCUT2D eigenvalue weighted by Gasteiger charge is -2.37. The Hall–Kier alpha value is 1.25. The second-order valence-electron chi connectivity index (χ2n) is 4.22. The lowest BCUT2D eigenvalue weighted by atomic mass is 10.00. The fraction of sp³-hybridized carbons (Fsp3) is 0.417. The molecule has 1 radical (unpaired) electrons. The summed E-state index contributed by atoms with van der Waals surface area (Å²) < 4.78 is -5.84. The van der Waals surface area contributed by atoms with E-state index in [1.54, 1.807) is 12.1 Å². The Morgan fingerprint density at radius 2 is 1.21 bits per heavy atom. The van der Waals surface area contributed by atoms with Crippen LogP contribution in [-0.4, -0.2) is 8.13 Å². The van der Waals surface area contributed by atoms with Gasteiger partial charge in [0.05, 0.1) is 0 Å². The van der Waals surface area contributed by atoms with Crippen LogP contribution in [0.1, 0.15) is 25.0 Å². The summed E-state index contributed by atoms with van der Waals surface area (Å²) in [5.74, 6) is 1.14. The molecule has 0 aromatic heterocycles. The third kappa shape index (κ3) is 3.72. The molecule has 0 saturated heterocycles. The molecule has 7 heteroatoms. The van der Waals surface area contributed by atoms with Crippen molar-refractivity contribution in [1.29, 1.82) is 0 Å². The molecule has 1 aromatic rings. The van der Waals surface area contributed by atoms with Crippen molar-refractivity contribution in [3.8, 4) is 0 Å². The molecule has 1 rings (SSSR count). The Kier molecular flexibility index (Phi) is 5.94. The quantitative estimate of drug-likeness (QED) is 0.487. The van der Waals surface area contributed by atoms with Gasteiger partial charge in [-0.15, -0.1) is 0 Å². The molecule has 0 aliphatic rings. The number of benzene rings is 1. The molecule has 0 aliphatic heterocycles. The van der Waals surface area contributed by atoms with E-state index < -0.39 is 12.5 Å². The summed E-state index contributed by atoms with van der Waals surface area (Å²) in [6, 6.07) is 7.06. The van der Waals surface area contributed by atoms with E-state index >= 15 is 0 Å². The van der Waals surface area contributed by atoms with Gasteiger partial charge in [0, 0.05) is 0 Å². The zero-order chi connectivity index (χ0) is 15.1. The third-order valence-electron chi connectivity index (χ3n) is 2.58. The van der Waals surface area contributed by atoms with Crippen molar-refractivity contribution >= 4 is 81.2 Å². The minimum Gasteiger partial charge on any atom is -0.0930 e. The van der Waals surface area contributed by atoms with Crippen LogP contribution in [0.3, 0.4) is 0 Å². The van der Waals surface area contributed by atoms with Gasteiger partial charge in [0.15, 0.2) is 4.33 Å². The summed E-state index contributed by atoms with van der Waals surface area (Å²) in [6.45, 7) is 3.97. The second-order valence-corrected chi connectivity index (χ2v) is 9.16. The summed E-state index contributed by atoms with van der Waals surface area (Å²) in [5, 5.41) is 0. The molecular weight excluding hydrogens is 392 g/mol. The van der Waals surface area contributed by atoms with E-state index in [9.17, 15) is 0 Å². The van der Waals surface area contributed by atoms with Crippen molar-refractivity contribution in [3.63, 3.8) is 0 Å². The van der Waals surface area contributed by atoms with Gasteiger partial charge in [-0.25, -0.2) is 0 Å². The van der Waals surface area contributed by atoms with Crippen molar-refractivity contribution in [2.75, 3.05) is 0 Å². The van der Waals surface area contributed by atoms with Crippen LogP contribution in [0.4, 0.5) is 0 Å².